The minimum Gasteiger partial charge on any atom is -0.269 e. The third-order valence-corrected chi connectivity index (χ3v) is 3.81. The fraction of sp³-hybridized carbons (Fsp3) is 0.111. The Morgan fingerprint density at radius 1 is 0.963 bits per heavy atom. The molecule has 0 bridgehead atoms. The Bertz CT molecular complexity index is 1020. The SMILES string of the molecule is O=C(c1cnc2ccccc2c1)N(Cc1cc(F)c(F)cc1F)C(F)(F)F. The maximum absolute atomic E-state index is 13.7. The summed E-state index contributed by atoms with van der Waals surface area (Å²) in [7, 11) is 0. The molecule has 2 aromatic carbocycles. The number of halogens is 6. The average Bonchev–Trinajstić information content (AvgIpc) is 2.61. The van der Waals surface area contributed by atoms with Crippen LogP contribution in [0.25, 0.3) is 10.9 Å². The summed E-state index contributed by atoms with van der Waals surface area (Å²) in [5, 5.41) is 0.435. The lowest BCUT2D eigenvalue weighted by molar-refractivity contribution is -0.228. The van der Waals surface area contributed by atoms with Crippen molar-refractivity contribution in [2.75, 3.05) is 0 Å². The standard InChI is InChI=1S/C18H10F6N2O/c19-13-7-15(21)14(20)6-12(13)9-26(18(22,23)24)17(27)11-5-10-3-1-2-4-16(10)25-8-11/h1-8H,9H2. The van der Waals surface area contributed by atoms with Crippen molar-refractivity contribution in [2.45, 2.75) is 12.8 Å². The van der Waals surface area contributed by atoms with Crippen LogP contribution in [0.2, 0.25) is 0 Å². The normalized spacial score (nSPS) is 11.6. The molecule has 0 aliphatic heterocycles. The largest absolute Gasteiger partial charge is 0.487 e. The van der Waals surface area contributed by atoms with E-state index in [1.54, 1.807) is 24.3 Å². The van der Waals surface area contributed by atoms with Crippen molar-refractivity contribution in [2.24, 2.45) is 0 Å². The van der Waals surface area contributed by atoms with Gasteiger partial charge in [0.1, 0.15) is 5.82 Å². The monoisotopic (exact) mass is 384 g/mol. The maximum atomic E-state index is 13.7. The number of hydrogen-bond donors (Lipinski definition) is 0. The highest BCUT2D eigenvalue weighted by Gasteiger charge is 2.42. The molecule has 0 spiro atoms. The Kier molecular flexibility index (Phi) is 4.77. The van der Waals surface area contributed by atoms with Gasteiger partial charge in [0.05, 0.1) is 17.6 Å². The fourth-order valence-corrected chi connectivity index (χ4v) is 2.48. The minimum absolute atomic E-state index is 0.126. The fourth-order valence-electron chi connectivity index (χ4n) is 2.48. The van der Waals surface area contributed by atoms with Crippen LogP contribution in [0.15, 0.2) is 48.7 Å². The molecule has 3 nitrogen and oxygen atoms in total. The highest BCUT2D eigenvalue weighted by Crippen LogP contribution is 2.28. The number of para-hydroxylation sites is 1. The average molecular weight is 384 g/mol. The zero-order chi connectivity index (χ0) is 19.8. The van der Waals surface area contributed by atoms with E-state index in [0.717, 1.165) is 6.20 Å². The van der Waals surface area contributed by atoms with E-state index in [-0.39, 0.29) is 17.7 Å². The molecule has 9 heteroatoms. The van der Waals surface area contributed by atoms with E-state index >= 15 is 0 Å². The number of rotatable bonds is 3. The number of aromatic nitrogens is 1. The molecule has 0 aliphatic rings. The van der Waals surface area contributed by atoms with Crippen LogP contribution in [0, 0.1) is 17.5 Å². The summed E-state index contributed by atoms with van der Waals surface area (Å²) in [6.45, 7) is -1.32. The lowest BCUT2D eigenvalue weighted by Crippen LogP contribution is -2.42. The van der Waals surface area contributed by atoms with E-state index in [1.165, 1.54) is 6.07 Å². The first-order valence-corrected chi connectivity index (χ1v) is 7.53. The van der Waals surface area contributed by atoms with Crippen LogP contribution in [0.3, 0.4) is 0 Å². The second-order valence-electron chi connectivity index (χ2n) is 5.63. The van der Waals surface area contributed by atoms with Gasteiger partial charge in [-0.2, -0.15) is 0 Å². The van der Waals surface area contributed by atoms with Gasteiger partial charge < -0.3 is 0 Å². The lowest BCUT2D eigenvalue weighted by Gasteiger charge is -2.25. The predicted octanol–water partition coefficient (Wildman–Crippen LogP) is 4.81. The van der Waals surface area contributed by atoms with Gasteiger partial charge in [0, 0.05) is 23.2 Å². The van der Waals surface area contributed by atoms with Crippen LogP contribution < -0.4 is 0 Å². The molecule has 140 valence electrons. The van der Waals surface area contributed by atoms with Gasteiger partial charge in [0.2, 0.25) is 0 Å². The summed E-state index contributed by atoms with van der Waals surface area (Å²) in [4.78, 5) is 15.7. The summed E-state index contributed by atoms with van der Waals surface area (Å²) in [5.74, 6) is -5.95. The zero-order valence-electron chi connectivity index (χ0n) is 13.4. The molecule has 0 saturated carbocycles. The minimum atomic E-state index is -5.18. The number of nitrogens with zero attached hydrogens (tertiary/aromatic N) is 2. The van der Waals surface area contributed by atoms with E-state index in [4.69, 9.17) is 0 Å². The highest BCUT2D eigenvalue weighted by molar-refractivity contribution is 5.97. The molecule has 3 rings (SSSR count). The second-order valence-corrected chi connectivity index (χ2v) is 5.63. The van der Waals surface area contributed by atoms with Gasteiger partial charge in [-0.3, -0.25) is 9.78 Å². The number of amides is 1. The smallest absolute Gasteiger partial charge is 0.269 e. The Labute approximate surface area is 148 Å². The molecule has 0 saturated heterocycles. The van der Waals surface area contributed by atoms with Gasteiger partial charge in [-0.25, -0.2) is 18.1 Å². The number of carbonyl (C=O) groups is 1. The first-order chi connectivity index (χ1) is 12.7. The van der Waals surface area contributed by atoms with E-state index in [2.05, 4.69) is 4.98 Å². The molecule has 27 heavy (non-hydrogen) atoms. The van der Waals surface area contributed by atoms with Crippen molar-refractivity contribution >= 4 is 16.8 Å². The van der Waals surface area contributed by atoms with Crippen molar-refractivity contribution in [1.82, 2.24) is 9.88 Å². The van der Waals surface area contributed by atoms with Gasteiger partial charge >= 0.3 is 6.30 Å². The molecule has 0 fully saturated rings. The van der Waals surface area contributed by atoms with E-state index in [1.807, 2.05) is 0 Å². The first-order valence-electron chi connectivity index (χ1n) is 7.53. The van der Waals surface area contributed by atoms with Gasteiger partial charge in [-0.05, 0) is 18.2 Å². The van der Waals surface area contributed by atoms with Crippen LogP contribution in [0.5, 0.6) is 0 Å². The number of alkyl halides is 3. The summed E-state index contributed by atoms with van der Waals surface area (Å²) in [6.07, 6.45) is -4.22. The zero-order valence-corrected chi connectivity index (χ0v) is 13.4. The summed E-state index contributed by atoms with van der Waals surface area (Å²) >= 11 is 0. The molecule has 0 atom stereocenters. The van der Waals surface area contributed by atoms with Crippen LogP contribution in [-0.2, 0) is 6.54 Å². The van der Waals surface area contributed by atoms with Crippen molar-refractivity contribution in [3.63, 3.8) is 0 Å². The van der Waals surface area contributed by atoms with Gasteiger partial charge in [-0.15, -0.1) is 13.2 Å². The third kappa shape index (κ3) is 3.86. The Morgan fingerprint density at radius 3 is 2.33 bits per heavy atom. The Morgan fingerprint density at radius 2 is 1.63 bits per heavy atom. The second kappa shape index (κ2) is 6.90. The van der Waals surface area contributed by atoms with Crippen molar-refractivity contribution < 1.29 is 31.1 Å². The van der Waals surface area contributed by atoms with Gasteiger partial charge in [0.25, 0.3) is 5.91 Å². The summed E-state index contributed by atoms with van der Waals surface area (Å²) in [5.41, 5.74) is -0.721. The Balaban J connectivity index is 1.99. The van der Waals surface area contributed by atoms with E-state index in [0.29, 0.717) is 10.9 Å². The van der Waals surface area contributed by atoms with Gasteiger partial charge in [-0.1, -0.05) is 18.2 Å². The molecule has 1 amide bonds. The number of carbonyl (C=O) groups excluding carboxylic acids is 1. The quantitative estimate of drug-likeness (QED) is 0.369. The van der Waals surface area contributed by atoms with Crippen molar-refractivity contribution in [3.8, 4) is 0 Å². The molecule has 0 radical (unpaired) electrons. The maximum Gasteiger partial charge on any atom is 0.487 e. The van der Waals surface area contributed by atoms with Crippen LogP contribution in [-0.4, -0.2) is 22.1 Å². The summed E-state index contributed by atoms with van der Waals surface area (Å²) in [6, 6.07) is 8.09. The number of benzene rings is 2. The van der Waals surface area contributed by atoms with Crippen molar-refractivity contribution in [3.05, 3.63) is 77.2 Å². The van der Waals surface area contributed by atoms with Crippen LogP contribution >= 0.6 is 0 Å². The molecule has 0 unspecified atom stereocenters. The first kappa shape index (κ1) is 18.7. The van der Waals surface area contributed by atoms with Crippen molar-refractivity contribution in [1.29, 1.82) is 0 Å². The van der Waals surface area contributed by atoms with Crippen LogP contribution in [0.4, 0.5) is 26.3 Å². The predicted molar refractivity (Wildman–Crippen MR) is 84.0 cm³/mol. The Hall–Kier alpha value is -3.10. The molecular weight excluding hydrogens is 374 g/mol. The number of pyridine rings is 1. The molecule has 3 aromatic rings. The third-order valence-electron chi connectivity index (χ3n) is 3.81. The highest BCUT2D eigenvalue weighted by atomic mass is 19.4. The van der Waals surface area contributed by atoms with Crippen LogP contribution in [0.1, 0.15) is 15.9 Å². The number of hydrogen-bond acceptors (Lipinski definition) is 2. The van der Waals surface area contributed by atoms with E-state index in [9.17, 15) is 31.1 Å². The van der Waals surface area contributed by atoms with E-state index < -0.39 is 46.7 Å². The van der Waals surface area contributed by atoms with Gasteiger partial charge in [0.15, 0.2) is 11.6 Å². The molecule has 1 aromatic heterocycles. The molecule has 0 aliphatic carbocycles. The molecule has 0 N–H and O–H groups in total. The topological polar surface area (TPSA) is 33.2 Å². The molecule has 1 heterocycles. The lowest BCUT2D eigenvalue weighted by atomic mass is 10.1. The molecular formula is C18H10F6N2O. The number of fused-ring (bicyclic) bond motifs is 1. The summed E-state index contributed by atoms with van der Waals surface area (Å²) < 4.78 is 80.1.